The maximum Gasteiger partial charge on any atom is 0.211 e. The normalized spacial score (nSPS) is 23.6. The van der Waals surface area contributed by atoms with Crippen molar-refractivity contribution in [2.75, 3.05) is 32.0 Å². The molecule has 0 aliphatic carbocycles. The number of sulfonamides is 1. The molecule has 5 nitrogen and oxygen atoms in total. The van der Waals surface area contributed by atoms with Crippen molar-refractivity contribution in [2.45, 2.75) is 45.8 Å². The second-order valence-corrected chi connectivity index (χ2v) is 9.89. The summed E-state index contributed by atoms with van der Waals surface area (Å²) in [4.78, 5) is 2.44. The molecule has 1 spiro atoms. The number of nitrogens with zero attached hydrogens (tertiary/aromatic N) is 1. The van der Waals surface area contributed by atoms with E-state index in [2.05, 4.69) is 41.7 Å². The molecule has 0 aromatic heterocycles. The van der Waals surface area contributed by atoms with Crippen LogP contribution in [0.5, 0.6) is 0 Å². The van der Waals surface area contributed by atoms with Crippen molar-refractivity contribution in [1.82, 2.24) is 9.62 Å². The van der Waals surface area contributed by atoms with E-state index >= 15 is 0 Å². The van der Waals surface area contributed by atoms with Gasteiger partial charge in [-0.2, -0.15) is 0 Å². The van der Waals surface area contributed by atoms with Gasteiger partial charge in [-0.15, -0.1) is 0 Å². The summed E-state index contributed by atoms with van der Waals surface area (Å²) in [5, 5.41) is 0. The van der Waals surface area contributed by atoms with E-state index in [1.165, 1.54) is 16.7 Å². The van der Waals surface area contributed by atoms with Crippen LogP contribution in [0, 0.1) is 19.8 Å². The van der Waals surface area contributed by atoms with Gasteiger partial charge in [-0.25, -0.2) is 13.1 Å². The van der Waals surface area contributed by atoms with Gasteiger partial charge >= 0.3 is 0 Å². The van der Waals surface area contributed by atoms with Crippen LogP contribution in [-0.2, 0) is 21.3 Å². The Labute approximate surface area is 151 Å². The number of likely N-dealkylation sites (tertiary alicyclic amines) is 1. The molecule has 1 aromatic carbocycles. The number of ether oxygens (including phenoxy) is 1. The van der Waals surface area contributed by atoms with Gasteiger partial charge in [0, 0.05) is 26.2 Å². The maximum atomic E-state index is 11.5. The summed E-state index contributed by atoms with van der Waals surface area (Å²) in [5.74, 6) is 0.429. The van der Waals surface area contributed by atoms with Gasteiger partial charge in [0.15, 0.2) is 0 Å². The van der Waals surface area contributed by atoms with Gasteiger partial charge < -0.3 is 4.74 Å². The smallest absolute Gasteiger partial charge is 0.211 e. The fraction of sp³-hybridized carbons (Fsp3) is 0.684. The zero-order valence-corrected chi connectivity index (χ0v) is 16.4. The molecule has 25 heavy (non-hydrogen) atoms. The van der Waals surface area contributed by atoms with Crippen molar-refractivity contribution in [3.63, 3.8) is 0 Å². The molecule has 1 aromatic rings. The van der Waals surface area contributed by atoms with E-state index in [0.717, 1.165) is 32.5 Å². The monoisotopic (exact) mass is 366 g/mol. The molecule has 2 aliphatic heterocycles. The molecule has 3 rings (SSSR count). The largest absolute Gasteiger partial charge is 0.372 e. The zero-order chi connectivity index (χ0) is 18.1. The number of nitrogens with one attached hydrogen (secondary N) is 1. The topological polar surface area (TPSA) is 58.6 Å². The van der Waals surface area contributed by atoms with Crippen molar-refractivity contribution in [3.8, 4) is 0 Å². The highest BCUT2D eigenvalue weighted by Crippen LogP contribution is 2.36. The van der Waals surface area contributed by atoms with E-state index in [9.17, 15) is 8.42 Å². The highest BCUT2D eigenvalue weighted by Gasteiger charge is 2.46. The lowest BCUT2D eigenvalue weighted by atomic mass is 9.82. The van der Waals surface area contributed by atoms with Crippen LogP contribution in [0.3, 0.4) is 0 Å². The first kappa shape index (κ1) is 18.8. The van der Waals surface area contributed by atoms with Gasteiger partial charge in [0.25, 0.3) is 0 Å². The molecule has 2 fully saturated rings. The predicted molar refractivity (Wildman–Crippen MR) is 100 cm³/mol. The second-order valence-electron chi connectivity index (χ2n) is 7.79. The van der Waals surface area contributed by atoms with Crippen LogP contribution >= 0.6 is 0 Å². The Morgan fingerprint density at radius 1 is 1.24 bits per heavy atom. The van der Waals surface area contributed by atoms with E-state index in [4.69, 9.17) is 4.74 Å². The van der Waals surface area contributed by atoms with Crippen LogP contribution < -0.4 is 4.72 Å². The van der Waals surface area contributed by atoms with Crippen LogP contribution in [0.4, 0.5) is 0 Å². The van der Waals surface area contributed by atoms with Crippen LogP contribution in [0.15, 0.2) is 18.2 Å². The average molecular weight is 367 g/mol. The minimum atomic E-state index is -3.10. The fourth-order valence-electron chi connectivity index (χ4n) is 3.97. The SMILES string of the molecule is CCS(=O)(=O)NCC1CCC2(CN(Cc3cc(C)cc(C)c3)C2)OC1. The summed E-state index contributed by atoms with van der Waals surface area (Å²) in [7, 11) is -3.10. The zero-order valence-electron chi connectivity index (χ0n) is 15.5. The lowest BCUT2D eigenvalue weighted by Crippen LogP contribution is -2.64. The Balaban J connectivity index is 1.44. The van der Waals surface area contributed by atoms with E-state index in [0.29, 0.717) is 19.1 Å². The second kappa shape index (κ2) is 7.35. The lowest BCUT2D eigenvalue weighted by Gasteiger charge is -2.53. The number of hydrogen-bond donors (Lipinski definition) is 1. The number of benzene rings is 1. The van der Waals surface area contributed by atoms with Crippen LogP contribution in [0.25, 0.3) is 0 Å². The highest BCUT2D eigenvalue weighted by atomic mass is 32.2. The average Bonchev–Trinajstić information content (AvgIpc) is 2.52. The Bertz CT molecular complexity index is 681. The van der Waals surface area contributed by atoms with Gasteiger partial charge in [-0.05, 0) is 45.1 Å². The van der Waals surface area contributed by atoms with Crippen LogP contribution in [0.1, 0.15) is 36.5 Å². The van der Waals surface area contributed by atoms with Crippen molar-refractivity contribution in [1.29, 1.82) is 0 Å². The molecule has 1 atom stereocenters. The van der Waals surface area contributed by atoms with Gasteiger partial charge in [0.05, 0.1) is 18.0 Å². The van der Waals surface area contributed by atoms with Crippen LogP contribution in [0.2, 0.25) is 0 Å². The van der Waals surface area contributed by atoms with Gasteiger partial charge in [-0.1, -0.05) is 29.3 Å². The first-order valence-corrected chi connectivity index (χ1v) is 10.9. The summed E-state index contributed by atoms with van der Waals surface area (Å²) in [6.45, 7) is 10.0. The van der Waals surface area contributed by atoms with Crippen LogP contribution in [-0.4, -0.2) is 50.9 Å². The van der Waals surface area contributed by atoms with Gasteiger partial charge in [0.2, 0.25) is 10.0 Å². The molecule has 2 aliphatic rings. The fourth-order valence-corrected chi connectivity index (χ4v) is 4.67. The Hall–Kier alpha value is -0.950. The minimum absolute atomic E-state index is 0.000991. The van der Waals surface area contributed by atoms with E-state index in [-0.39, 0.29) is 11.4 Å². The molecule has 0 amide bonds. The molecule has 1 N–H and O–H groups in total. The number of hydrogen-bond acceptors (Lipinski definition) is 4. The predicted octanol–water partition coefficient (Wildman–Crippen LogP) is 2.22. The van der Waals surface area contributed by atoms with Gasteiger partial charge in [0.1, 0.15) is 0 Å². The Kier molecular flexibility index (Phi) is 5.54. The molecular formula is C19H30N2O3S. The van der Waals surface area contributed by atoms with Crippen molar-refractivity contribution < 1.29 is 13.2 Å². The minimum Gasteiger partial charge on any atom is -0.372 e. The first-order chi connectivity index (χ1) is 11.8. The molecular weight excluding hydrogens is 336 g/mol. The standard InChI is InChI=1S/C19H30N2O3S/c1-4-25(22,23)20-10-17-5-6-19(24-12-17)13-21(14-19)11-18-8-15(2)7-16(3)9-18/h7-9,17,20H,4-6,10-14H2,1-3H3. The summed E-state index contributed by atoms with van der Waals surface area (Å²) in [6, 6.07) is 6.73. The van der Waals surface area contributed by atoms with E-state index in [1.54, 1.807) is 6.92 Å². The van der Waals surface area contributed by atoms with Crippen molar-refractivity contribution in [2.24, 2.45) is 5.92 Å². The summed E-state index contributed by atoms with van der Waals surface area (Å²) in [6.07, 6.45) is 2.05. The van der Waals surface area contributed by atoms with Crippen molar-refractivity contribution in [3.05, 3.63) is 34.9 Å². The third-order valence-corrected chi connectivity index (χ3v) is 6.68. The number of aryl methyl sites for hydroxylation is 2. The lowest BCUT2D eigenvalue weighted by molar-refractivity contribution is -0.181. The van der Waals surface area contributed by atoms with E-state index in [1.807, 2.05) is 0 Å². The molecule has 0 radical (unpaired) electrons. The summed E-state index contributed by atoms with van der Waals surface area (Å²) in [5.41, 5.74) is 4.00. The molecule has 6 heteroatoms. The molecule has 2 heterocycles. The maximum absolute atomic E-state index is 11.5. The Morgan fingerprint density at radius 2 is 1.92 bits per heavy atom. The highest BCUT2D eigenvalue weighted by molar-refractivity contribution is 7.89. The van der Waals surface area contributed by atoms with Gasteiger partial charge in [-0.3, -0.25) is 4.90 Å². The Morgan fingerprint density at radius 3 is 2.48 bits per heavy atom. The third-order valence-electron chi connectivity index (χ3n) is 5.32. The molecule has 0 saturated carbocycles. The quantitative estimate of drug-likeness (QED) is 0.839. The molecule has 0 bridgehead atoms. The first-order valence-electron chi connectivity index (χ1n) is 9.20. The summed E-state index contributed by atoms with van der Waals surface area (Å²) < 4.78 is 31.9. The van der Waals surface area contributed by atoms with E-state index < -0.39 is 10.0 Å². The van der Waals surface area contributed by atoms with Crippen molar-refractivity contribution >= 4 is 10.0 Å². The molecule has 1 unspecified atom stereocenters. The molecule has 140 valence electrons. The third kappa shape index (κ3) is 4.82. The molecule has 2 saturated heterocycles. The number of rotatable bonds is 6. The summed E-state index contributed by atoms with van der Waals surface area (Å²) >= 11 is 0.